The summed E-state index contributed by atoms with van der Waals surface area (Å²) < 4.78 is 16.9. The SMILES string of the molecule is CCCCCCCCC/C=C\C=C/CCCCCCCC(=O)OCC(COC(=O)CCCCCCCCCCCCCCCCCC)OC(=O)CCCCC/C=C\C=C/CCCCCCCCC. The van der Waals surface area contributed by atoms with Crippen LogP contribution in [0.5, 0.6) is 0 Å². The Labute approximate surface area is 422 Å². The number of unbranched alkanes of at least 4 members (excludes halogenated alkanes) is 37. The molecule has 0 N–H and O–H groups in total. The number of ether oxygens (including phenoxy) is 3. The van der Waals surface area contributed by atoms with Gasteiger partial charge in [0.15, 0.2) is 6.10 Å². The van der Waals surface area contributed by atoms with Crippen LogP contribution in [0.1, 0.15) is 310 Å². The first kappa shape index (κ1) is 65.4. The highest BCUT2D eigenvalue weighted by atomic mass is 16.6. The molecule has 6 heteroatoms. The van der Waals surface area contributed by atoms with Gasteiger partial charge in [-0.05, 0) is 70.6 Å². The van der Waals surface area contributed by atoms with Crippen LogP contribution in [0.3, 0.4) is 0 Å². The monoisotopic (exact) mass is 953 g/mol. The van der Waals surface area contributed by atoms with E-state index in [1.807, 2.05) is 0 Å². The zero-order chi connectivity index (χ0) is 49.3. The van der Waals surface area contributed by atoms with Crippen LogP contribution < -0.4 is 0 Å². The van der Waals surface area contributed by atoms with E-state index in [4.69, 9.17) is 14.2 Å². The molecule has 0 saturated heterocycles. The Balaban J connectivity index is 4.42. The fourth-order valence-electron chi connectivity index (χ4n) is 8.60. The Bertz CT molecular complexity index is 1190. The zero-order valence-corrected chi connectivity index (χ0v) is 45.4. The first-order chi connectivity index (χ1) is 33.5. The van der Waals surface area contributed by atoms with Crippen molar-refractivity contribution in [1.82, 2.24) is 0 Å². The predicted molar refractivity (Wildman–Crippen MR) is 293 cm³/mol. The molecular weight excluding hydrogens is 841 g/mol. The topological polar surface area (TPSA) is 78.9 Å². The largest absolute Gasteiger partial charge is 0.462 e. The van der Waals surface area contributed by atoms with Crippen LogP contribution in [0, 0.1) is 0 Å². The molecule has 0 aliphatic rings. The fraction of sp³-hybridized carbons (Fsp3) is 0.823. The highest BCUT2D eigenvalue weighted by molar-refractivity contribution is 5.71. The van der Waals surface area contributed by atoms with Crippen molar-refractivity contribution >= 4 is 17.9 Å². The molecule has 0 rings (SSSR count). The molecule has 0 amide bonds. The molecule has 0 saturated carbocycles. The lowest BCUT2D eigenvalue weighted by atomic mass is 10.0. The molecule has 0 bridgehead atoms. The number of hydrogen-bond acceptors (Lipinski definition) is 6. The number of rotatable bonds is 54. The summed E-state index contributed by atoms with van der Waals surface area (Å²) in [4.78, 5) is 38.2. The van der Waals surface area contributed by atoms with Gasteiger partial charge in [0.05, 0.1) is 0 Å². The molecule has 0 radical (unpaired) electrons. The minimum absolute atomic E-state index is 0.0859. The summed E-state index contributed by atoms with van der Waals surface area (Å²) in [5.41, 5.74) is 0. The van der Waals surface area contributed by atoms with Gasteiger partial charge in [-0.2, -0.15) is 0 Å². The Kier molecular flexibility index (Phi) is 54.8. The molecule has 0 spiro atoms. The van der Waals surface area contributed by atoms with E-state index in [-0.39, 0.29) is 31.1 Å². The number of esters is 3. The molecule has 0 aliphatic heterocycles. The molecule has 6 nitrogen and oxygen atoms in total. The molecular formula is C62H112O6. The van der Waals surface area contributed by atoms with Crippen LogP contribution in [0.25, 0.3) is 0 Å². The summed E-state index contributed by atoms with van der Waals surface area (Å²) in [5.74, 6) is -0.912. The predicted octanol–water partition coefficient (Wildman–Crippen LogP) is 19.8. The van der Waals surface area contributed by atoms with Crippen molar-refractivity contribution in [2.75, 3.05) is 13.2 Å². The number of hydrogen-bond donors (Lipinski definition) is 0. The zero-order valence-electron chi connectivity index (χ0n) is 45.4. The van der Waals surface area contributed by atoms with Gasteiger partial charge in [0.25, 0.3) is 0 Å². The Morgan fingerprint density at radius 3 is 0.794 bits per heavy atom. The first-order valence-electron chi connectivity index (χ1n) is 29.7. The van der Waals surface area contributed by atoms with Crippen LogP contribution in [0.15, 0.2) is 48.6 Å². The second kappa shape index (κ2) is 57.0. The van der Waals surface area contributed by atoms with Gasteiger partial charge < -0.3 is 14.2 Å². The summed E-state index contributed by atoms with van der Waals surface area (Å²) in [6.07, 6.45) is 69.6. The Morgan fingerprint density at radius 1 is 0.294 bits per heavy atom. The number of carbonyl (C=O) groups excluding carboxylic acids is 3. The highest BCUT2D eigenvalue weighted by Gasteiger charge is 2.19. The van der Waals surface area contributed by atoms with E-state index in [0.717, 1.165) is 89.9 Å². The summed E-state index contributed by atoms with van der Waals surface area (Å²) in [7, 11) is 0. The van der Waals surface area contributed by atoms with Gasteiger partial charge in [0.2, 0.25) is 0 Å². The third kappa shape index (κ3) is 54.3. The van der Waals surface area contributed by atoms with Crippen molar-refractivity contribution in [3.8, 4) is 0 Å². The summed E-state index contributed by atoms with van der Waals surface area (Å²) in [6, 6.07) is 0. The van der Waals surface area contributed by atoms with E-state index in [1.165, 1.54) is 180 Å². The smallest absolute Gasteiger partial charge is 0.306 e. The van der Waals surface area contributed by atoms with Crippen LogP contribution in [-0.2, 0) is 28.6 Å². The minimum atomic E-state index is -0.791. The summed E-state index contributed by atoms with van der Waals surface area (Å²) in [5, 5.41) is 0. The van der Waals surface area contributed by atoms with E-state index in [1.54, 1.807) is 0 Å². The molecule has 0 aromatic carbocycles. The quantitative estimate of drug-likeness (QED) is 0.0262. The second-order valence-corrected chi connectivity index (χ2v) is 20.0. The maximum absolute atomic E-state index is 12.8. The van der Waals surface area contributed by atoms with E-state index in [0.29, 0.717) is 19.3 Å². The van der Waals surface area contributed by atoms with Crippen molar-refractivity contribution in [2.24, 2.45) is 0 Å². The maximum atomic E-state index is 12.8. The van der Waals surface area contributed by atoms with Gasteiger partial charge in [-0.25, -0.2) is 0 Å². The Morgan fingerprint density at radius 2 is 0.515 bits per heavy atom. The molecule has 68 heavy (non-hydrogen) atoms. The van der Waals surface area contributed by atoms with Crippen LogP contribution in [-0.4, -0.2) is 37.2 Å². The van der Waals surface area contributed by atoms with Crippen molar-refractivity contribution < 1.29 is 28.6 Å². The molecule has 1 atom stereocenters. The second-order valence-electron chi connectivity index (χ2n) is 20.0. The fourth-order valence-corrected chi connectivity index (χ4v) is 8.60. The minimum Gasteiger partial charge on any atom is -0.462 e. The van der Waals surface area contributed by atoms with Gasteiger partial charge in [-0.1, -0.05) is 268 Å². The first-order valence-corrected chi connectivity index (χ1v) is 29.7. The van der Waals surface area contributed by atoms with E-state index in [9.17, 15) is 14.4 Å². The normalized spacial score (nSPS) is 12.3. The Hall–Kier alpha value is -2.63. The van der Waals surface area contributed by atoms with Crippen LogP contribution >= 0.6 is 0 Å². The third-order valence-corrected chi connectivity index (χ3v) is 13.1. The average Bonchev–Trinajstić information content (AvgIpc) is 3.34. The highest BCUT2D eigenvalue weighted by Crippen LogP contribution is 2.16. The van der Waals surface area contributed by atoms with E-state index in [2.05, 4.69) is 69.4 Å². The summed E-state index contributed by atoms with van der Waals surface area (Å²) >= 11 is 0. The molecule has 0 heterocycles. The lowest BCUT2D eigenvalue weighted by Crippen LogP contribution is -2.30. The van der Waals surface area contributed by atoms with Gasteiger partial charge >= 0.3 is 17.9 Å². The van der Waals surface area contributed by atoms with Gasteiger partial charge in [0, 0.05) is 19.3 Å². The molecule has 0 aromatic rings. The number of carbonyl (C=O) groups is 3. The van der Waals surface area contributed by atoms with Crippen molar-refractivity contribution in [3.05, 3.63) is 48.6 Å². The lowest BCUT2D eigenvalue weighted by Gasteiger charge is -2.18. The average molecular weight is 954 g/mol. The van der Waals surface area contributed by atoms with Gasteiger partial charge in [0.1, 0.15) is 13.2 Å². The molecule has 1 unspecified atom stereocenters. The van der Waals surface area contributed by atoms with Crippen LogP contribution in [0.2, 0.25) is 0 Å². The molecule has 0 aromatic heterocycles. The lowest BCUT2D eigenvalue weighted by molar-refractivity contribution is -0.167. The molecule has 0 fully saturated rings. The van der Waals surface area contributed by atoms with Gasteiger partial charge in [-0.3, -0.25) is 14.4 Å². The summed E-state index contributed by atoms with van der Waals surface area (Å²) in [6.45, 7) is 6.63. The van der Waals surface area contributed by atoms with Gasteiger partial charge in [-0.15, -0.1) is 0 Å². The van der Waals surface area contributed by atoms with Crippen molar-refractivity contribution in [3.63, 3.8) is 0 Å². The van der Waals surface area contributed by atoms with Crippen molar-refractivity contribution in [1.29, 1.82) is 0 Å². The van der Waals surface area contributed by atoms with Crippen LogP contribution in [0.4, 0.5) is 0 Å². The maximum Gasteiger partial charge on any atom is 0.306 e. The standard InChI is InChI=1S/C62H112O6/c1-4-7-10-13-16-19-22-25-28-31-32-35-37-40-43-46-49-52-55-61(64)67-58-59(68-62(65)56-53-50-47-44-41-38-34-30-27-24-21-18-15-12-9-6-3)57-66-60(63)54-51-48-45-42-39-36-33-29-26-23-20-17-14-11-8-5-2/h28,30-32,34-35,38,41,59H,4-27,29,33,36-37,39-40,42-58H2,1-3H3/b31-28-,34-30-,35-32-,41-38-. The molecule has 396 valence electrons. The van der Waals surface area contributed by atoms with E-state index < -0.39 is 6.10 Å². The molecule has 0 aliphatic carbocycles. The van der Waals surface area contributed by atoms with Crippen molar-refractivity contribution in [2.45, 2.75) is 316 Å². The number of allylic oxidation sites excluding steroid dienone is 8. The third-order valence-electron chi connectivity index (χ3n) is 13.1. The van der Waals surface area contributed by atoms with E-state index >= 15 is 0 Å².